The molecule has 0 radical (unpaired) electrons. The number of carbonyl (C=O) groups is 2. The number of anilines is 1. The van der Waals surface area contributed by atoms with Crippen LogP contribution in [0.2, 0.25) is 0 Å². The van der Waals surface area contributed by atoms with E-state index in [9.17, 15) is 9.59 Å². The van der Waals surface area contributed by atoms with E-state index in [0.29, 0.717) is 25.4 Å². The number of rotatable bonds is 5. The Hall–Kier alpha value is -2.62. The summed E-state index contributed by atoms with van der Waals surface area (Å²) in [4.78, 5) is 29.0. The van der Waals surface area contributed by atoms with E-state index >= 15 is 0 Å². The molecule has 1 aliphatic rings. The maximum Gasteiger partial charge on any atom is 0.239 e. The van der Waals surface area contributed by atoms with E-state index in [1.807, 2.05) is 42.5 Å². The predicted octanol–water partition coefficient (Wildman–Crippen LogP) is 3.82. The molecule has 0 saturated carbocycles. The summed E-state index contributed by atoms with van der Waals surface area (Å²) >= 11 is 0. The van der Waals surface area contributed by atoms with Crippen LogP contribution in [-0.2, 0) is 16.1 Å². The van der Waals surface area contributed by atoms with Gasteiger partial charge in [0.15, 0.2) is 0 Å². The minimum atomic E-state index is -0.575. The first-order valence-corrected chi connectivity index (χ1v) is 9.17. The maximum atomic E-state index is 12.8. The second-order valence-corrected chi connectivity index (χ2v) is 7.26. The first-order chi connectivity index (χ1) is 12.5. The van der Waals surface area contributed by atoms with Crippen molar-refractivity contribution in [3.05, 3.63) is 65.7 Å². The summed E-state index contributed by atoms with van der Waals surface area (Å²) in [5, 5.41) is 0. The largest absolute Gasteiger partial charge is 0.341 e. The molecular weight excluding hydrogens is 324 g/mol. The van der Waals surface area contributed by atoms with E-state index in [1.54, 1.807) is 16.8 Å². The Morgan fingerprint density at radius 2 is 1.77 bits per heavy atom. The Labute approximate surface area is 155 Å². The number of benzene rings is 2. The smallest absolute Gasteiger partial charge is 0.239 e. The van der Waals surface area contributed by atoms with Crippen molar-refractivity contribution >= 4 is 17.5 Å². The molecule has 1 fully saturated rings. The van der Waals surface area contributed by atoms with Gasteiger partial charge in [0.2, 0.25) is 11.8 Å². The van der Waals surface area contributed by atoms with Gasteiger partial charge in [-0.3, -0.25) is 9.59 Å². The SMILES string of the molecule is CC(C)c1ccc(N2CC[C@@H](C(=O)N(C)Cc3ccccc3)C2=O)cc1. The van der Waals surface area contributed by atoms with Gasteiger partial charge in [0, 0.05) is 25.8 Å². The Kier molecular flexibility index (Phi) is 5.40. The van der Waals surface area contributed by atoms with Gasteiger partial charge in [0.25, 0.3) is 0 Å². The van der Waals surface area contributed by atoms with Crippen molar-refractivity contribution in [2.24, 2.45) is 5.92 Å². The van der Waals surface area contributed by atoms with Gasteiger partial charge in [-0.15, -0.1) is 0 Å². The lowest BCUT2D eigenvalue weighted by Crippen LogP contribution is -2.37. The standard InChI is InChI=1S/C22H26N2O2/c1-16(2)18-9-11-19(12-10-18)24-14-13-20(22(24)26)21(25)23(3)15-17-7-5-4-6-8-17/h4-12,16,20H,13-15H2,1-3H3/t20-/m0/s1. The third kappa shape index (κ3) is 3.79. The van der Waals surface area contributed by atoms with Crippen LogP contribution in [0.15, 0.2) is 54.6 Å². The number of hydrogen-bond donors (Lipinski definition) is 0. The molecule has 0 N–H and O–H groups in total. The fourth-order valence-corrected chi connectivity index (χ4v) is 3.41. The number of amides is 2. The summed E-state index contributed by atoms with van der Waals surface area (Å²) in [7, 11) is 1.77. The van der Waals surface area contributed by atoms with Gasteiger partial charge < -0.3 is 9.80 Å². The normalized spacial score (nSPS) is 17.0. The van der Waals surface area contributed by atoms with Crippen LogP contribution in [0.5, 0.6) is 0 Å². The van der Waals surface area contributed by atoms with Gasteiger partial charge in [-0.25, -0.2) is 0 Å². The van der Waals surface area contributed by atoms with Crippen LogP contribution >= 0.6 is 0 Å². The highest BCUT2D eigenvalue weighted by atomic mass is 16.2. The van der Waals surface area contributed by atoms with E-state index < -0.39 is 5.92 Å². The molecule has 4 nitrogen and oxygen atoms in total. The molecule has 2 aromatic rings. The molecule has 0 spiro atoms. The number of carbonyl (C=O) groups excluding carboxylic acids is 2. The van der Waals surface area contributed by atoms with Crippen molar-refractivity contribution in [1.29, 1.82) is 0 Å². The zero-order chi connectivity index (χ0) is 18.7. The monoisotopic (exact) mass is 350 g/mol. The average molecular weight is 350 g/mol. The lowest BCUT2D eigenvalue weighted by atomic mass is 10.0. The topological polar surface area (TPSA) is 40.6 Å². The molecule has 1 saturated heterocycles. The van der Waals surface area contributed by atoms with Gasteiger partial charge in [0.05, 0.1) is 0 Å². The summed E-state index contributed by atoms with van der Waals surface area (Å²) in [5.41, 5.74) is 3.19. The summed E-state index contributed by atoms with van der Waals surface area (Å²) in [5.74, 6) is -0.305. The molecule has 0 aromatic heterocycles. The predicted molar refractivity (Wildman–Crippen MR) is 104 cm³/mol. The Morgan fingerprint density at radius 3 is 2.38 bits per heavy atom. The Balaban J connectivity index is 1.67. The average Bonchev–Trinajstić information content (AvgIpc) is 3.03. The molecule has 136 valence electrons. The summed E-state index contributed by atoms with van der Waals surface area (Å²) in [6, 6.07) is 17.9. The van der Waals surface area contributed by atoms with Crippen molar-refractivity contribution in [3.8, 4) is 0 Å². The van der Waals surface area contributed by atoms with Gasteiger partial charge in [-0.2, -0.15) is 0 Å². The van der Waals surface area contributed by atoms with Gasteiger partial charge in [0.1, 0.15) is 5.92 Å². The highest BCUT2D eigenvalue weighted by Crippen LogP contribution is 2.28. The third-order valence-corrected chi connectivity index (χ3v) is 5.01. The minimum Gasteiger partial charge on any atom is -0.341 e. The fraction of sp³-hybridized carbons (Fsp3) is 0.364. The van der Waals surface area contributed by atoms with Crippen molar-refractivity contribution in [3.63, 3.8) is 0 Å². The zero-order valence-electron chi connectivity index (χ0n) is 15.7. The van der Waals surface area contributed by atoms with E-state index in [1.165, 1.54) is 5.56 Å². The highest BCUT2D eigenvalue weighted by molar-refractivity contribution is 6.09. The second-order valence-electron chi connectivity index (χ2n) is 7.26. The van der Waals surface area contributed by atoms with Crippen LogP contribution in [0.4, 0.5) is 5.69 Å². The van der Waals surface area contributed by atoms with E-state index in [-0.39, 0.29) is 11.8 Å². The number of hydrogen-bond acceptors (Lipinski definition) is 2. The molecular formula is C22H26N2O2. The first kappa shape index (κ1) is 18.2. The van der Waals surface area contributed by atoms with E-state index in [4.69, 9.17) is 0 Å². The lowest BCUT2D eigenvalue weighted by Gasteiger charge is -2.21. The summed E-state index contributed by atoms with van der Waals surface area (Å²) < 4.78 is 0. The molecule has 2 amide bonds. The summed E-state index contributed by atoms with van der Waals surface area (Å²) in [6.07, 6.45) is 0.572. The lowest BCUT2D eigenvalue weighted by molar-refractivity contribution is -0.139. The van der Waals surface area contributed by atoms with Crippen molar-refractivity contribution < 1.29 is 9.59 Å². The molecule has 4 heteroatoms. The third-order valence-electron chi connectivity index (χ3n) is 5.01. The van der Waals surface area contributed by atoms with Crippen molar-refractivity contribution in [2.45, 2.75) is 32.7 Å². The molecule has 1 heterocycles. The fourth-order valence-electron chi connectivity index (χ4n) is 3.41. The molecule has 0 bridgehead atoms. The first-order valence-electron chi connectivity index (χ1n) is 9.17. The maximum absolute atomic E-state index is 12.8. The van der Waals surface area contributed by atoms with Crippen LogP contribution in [0.25, 0.3) is 0 Å². The van der Waals surface area contributed by atoms with Crippen LogP contribution in [0, 0.1) is 5.92 Å². The highest BCUT2D eigenvalue weighted by Gasteiger charge is 2.38. The molecule has 1 atom stereocenters. The molecule has 1 aliphatic heterocycles. The molecule has 26 heavy (non-hydrogen) atoms. The van der Waals surface area contributed by atoms with Crippen LogP contribution < -0.4 is 4.90 Å². The minimum absolute atomic E-state index is 0.0905. The summed E-state index contributed by atoms with van der Waals surface area (Å²) in [6.45, 7) is 5.41. The molecule has 3 rings (SSSR count). The number of nitrogens with zero attached hydrogens (tertiary/aromatic N) is 2. The van der Waals surface area contributed by atoms with Crippen LogP contribution in [0.1, 0.15) is 37.3 Å². The Bertz CT molecular complexity index is 768. The van der Waals surface area contributed by atoms with Crippen molar-refractivity contribution in [2.75, 3.05) is 18.5 Å². The van der Waals surface area contributed by atoms with Crippen LogP contribution in [0.3, 0.4) is 0 Å². The zero-order valence-corrected chi connectivity index (χ0v) is 15.7. The Morgan fingerprint density at radius 1 is 1.12 bits per heavy atom. The quantitative estimate of drug-likeness (QED) is 0.769. The molecule has 2 aromatic carbocycles. The molecule has 0 aliphatic carbocycles. The van der Waals surface area contributed by atoms with Crippen LogP contribution in [-0.4, -0.2) is 30.3 Å². The van der Waals surface area contributed by atoms with E-state index in [0.717, 1.165) is 11.3 Å². The van der Waals surface area contributed by atoms with E-state index in [2.05, 4.69) is 26.0 Å². The van der Waals surface area contributed by atoms with Gasteiger partial charge >= 0.3 is 0 Å². The van der Waals surface area contributed by atoms with Gasteiger partial charge in [-0.05, 0) is 35.6 Å². The van der Waals surface area contributed by atoms with Crippen molar-refractivity contribution in [1.82, 2.24) is 4.90 Å². The van der Waals surface area contributed by atoms with Gasteiger partial charge in [-0.1, -0.05) is 56.3 Å². The molecule has 0 unspecified atom stereocenters. The second kappa shape index (κ2) is 7.73.